The Morgan fingerprint density at radius 2 is 2.00 bits per heavy atom. The van der Waals surface area contributed by atoms with E-state index in [0.29, 0.717) is 10.1 Å². The number of ketones is 1. The Morgan fingerprint density at radius 3 is 2.59 bits per heavy atom. The van der Waals surface area contributed by atoms with Gasteiger partial charge in [-0.3, -0.25) is 14.2 Å². The van der Waals surface area contributed by atoms with Crippen molar-refractivity contribution in [3.8, 4) is 18.3 Å². The van der Waals surface area contributed by atoms with Crippen LogP contribution in [0.25, 0.3) is 0 Å². The summed E-state index contributed by atoms with van der Waals surface area (Å²) in [6, 6.07) is 10.8. The van der Waals surface area contributed by atoms with Crippen LogP contribution in [0.15, 0.2) is 45.4 Å². The molecule has 1 N–H and O–H groups in total. The second kappa shape index (κ2) is 10.3. The summed E-state index contributed by atoms with van der Waals surface area (Å²) in [5.41, 5.74) is -0.493. The smallest absolute Gasteiger partial charge is 0.473 e. The molecule has 0 radical (unpaired) electrons. The highest BCUT2D eigenvalue weighted by molar-refractivity contribution is 5.98. The third-order valence-corrected chi connectivity index (χ3v) is 4.75. The molecule has 0 aliphatic heterocycles. The highest BCUT2D eigenvalue weighted by atomic mass is 16.6. The predicted molar refractivity (Wildman–Crippen MR) is 118 cm³/mol. The lowest BCUT2D eigenvalue weighted by atomic mass is 10.0. The Labute approximate surface area is 192 Å². The molecule has 0 aliphatic carbocycles. The van der Waals surface area contributed by atoms with E-state index < -0.39 is 34.0 Å². The summed E-state index contributed by atoms with van der Waals surface area (Å²) in [7, 11) is 1.34. The molecule has 0 bridgehead atoms. The van der Waals surface area contributed by atoms with Gasteiger partial charge in [0.1, 0.15) is 0 Å². The van der Waals surface area contributed by atoms with Gasteiger partial charge >= 0.3 is 11.9 Å². The fourth-order valence-electron chi connectivity index (χ4n) is 3.17. The zero-order valence-corrected chi connectivity index (χ0v) is 18.2. The van der Waals surface area contributed by atoms with Crippen molar-refractivity contribution in [3.63, 3.8) is 0 Å². The van der Waals surface area contributed by atoms with E-state index in [1.807, 2.05) is 6.04 Å². The van der Waals surface area contributed by atoms with Gasteiger partial charge in [0.15, 0.2) is 11.5 Å². The van der Waals surface area contributed by atoms with Gasteiger partial charge < -0.3 is 20.0 Å². The van der Waals surface area contributed by atoms with E-state index in [1.54, 1.807) is 37.3 Å². The van der Waals surface area contributed by atoms with Crippen molar-refractivity contribution in [2.75, 3.05) is 7.11 Å². The number of carbonyl (C=O) groups is 1. The number of aromatic nitrogens is 4. The lowest BCUT2D eigenvalue weighted by Crippen LogP contribution is -2.29. The number of azo groups is 1. The quantitative estimate of drug-likeness (QED) is 0.165. The van der Waals surface area contributed by atoms with Gasteiger partial charge in [-0.25, -0.2) is 0 Å². The van der Waals surface area contributed by atoms with Crippen LogP contribution in [0.2, 0.25) is 0 Å². The SMILES string of the molecule is C#Cn1c(N=Nc2c(COC)c(C(=O)CC)c(=O)n(Cc3ccccc3)c2O)nnc1[N+](=O)[O-]. The standard InChI is InChI=1S/C21H19N7O6/c1-4-15(29)16-14(12-34-3)17(22-23-20-24-25-21(28(32)33)26(20)5-2)19(31)27(18(16)30)11-13-9-7-6-8-10-13/h2,6-10,31H,4,11-12H2,1,3H3. The summed E-state index contributed by atoms with van der Waals surface area (Å²) in [5, 5.41) is 36.6. The third-order valence-electron chi connectivity index (χ3n) is 4.75. The molecule has 0 atom stereocenters. The van der Waals surface area contributed by atoms with Crippen molar-refractivity contribution < 1.29 is 19.6 Å². The summed E-state index contributed by atoms with van der Waals surface area (Å²) in [6.45, 7) is 1.28. The van der Waals surface area contributed by atoms with E-state index in [9.17, 15) is 24.8 Å². The minimum Gasteiger partial charge on any atom is -0.493 e. The number of benzene rings is 1. The van der Waals surface area contributed by atoms with Crippen LogP contribution >= 0.6 is 0 Å². The first-order chi connectivity index (χ1) is 16.3. The topological polar surface area (TPSA) is 167 Å². The van der Waals surface area contributed by atoms with Crippen molar-refractivity contribution in [3.05, 3.63) is 67.5 Å². The average Bonchev–Trinajstić information content (AvgIpc) is 3.25. The van der Waals surface area contributed by atoms with Crippen molar-refractivity contribution in [1.29, 1.82) is 0 Å². The van der Waals surface area contributed by atoms with E-state index in [4.69, 9.17) is 11.2 Å². The molecule has 2 heterocycles. The number of nitro groups is 1. The van der Waals surface area contributed by atoms with Gasteiger partial charge in [-0.1, -0.05) is 48.8 Å². The Morgan fingerprint density at radius 1 is 1.29 bits per heavy atom. The van der Waals surface area contributed by atoms with Gasteiger partial charge in [-0.05, 0) is 15.6 Å². The molecule has 0 amide bonds. The third kappa shape index (κ3) is 4.57. The molecule has 1 aromatic carbocycles. The molecule has 13 heteroatoms. The first-order valence-corrected chi connectivity index (χ1v) is 9.86. The van der Waals surface area contributed by atoms with Crippen molar-refractivity contribution in [2.24, 2.45) is 10.2 Å². The average molecular weight is 465 g/mol. The lowest BCUT2D eigenvalue weighted by Gasteiger charge is -2.16. The molecule has 0 aliphatic rings. The number of hydrogen-bond donors (Lipinski definition) is 1. The molecule has 0 fully saturated rings. The fourth-order valence-corrected chi connectivity index (χ4v) is 3.17. The molecule has 2 aromatic heterocycles. The summed E-state index contributed by atoms with van der Waals surface area (Å²) in [4.78, 5) is 36.1. The van der Waals surface area contributed by atoms with E-state index in [-0.39, 0.29) is 36.4 Å². The molecule has 3 aromatic rings. The number of aromatic hydroxyl groups is 1. The van der Waals surface area contributed by atoms with Gasteiger partial charge in [0.2, 0.25) is 5.88 Å². The maximum absolute atomic E-state index is 13.2. The van der Waals surface area contributed by atoms with Crippen molar-refractivity contribution in [1.82, 2.24) is 19.3 Å². The number of methoxy groups -OCH3 is 1. The van der Waals surface area contributed by atoms with Crippen LogP contribution < -0.4 is 5.56 Å². The highest BCUT2D eigenvalue weighted by Gasteiger charge is 2.27. The maximum Gasteiger partial charge on any atom is 0.473 e. The Balaban J connectivity index is 2.26. The molecule has 174 valence electrons. The van der Waals surface area contributed by atoms with E-state index in [2.05, 4.69) is 20.4 Å². The molecule has 0 saturated heterocycles. The summed E-state index contributed by atoms with van der Waals surface area (Å²) >= 11 is 0. The summed E-state index contributed by atoms with van der Waals surface area (Å²) in [6.07, 6.45) is 5.30. The molecular formula is C21H19N7O6. The van der Waals surface area contributed by atoms with Gasteiger partial charge in [0, 0.05) is 19.1 Å². The molecule has 3 rings (SSSR count). The second-order valence-electron chi connectivity index (χ2n) is 6.83. The van der Waals surface area contributed by atoms with Crippen LogP contribution in [-0.2, 0) is 17.9 Å². The minimum atomic E-state index is -0.849. The molecule has 0 spiro atoms. The molecular weight excluding hydrogens is 446 g/mol. The van der Waals surface area contributed by atoms with Crippen LogP contribution in [-0.4, -0.2) is 42.3 Å². The zero-order chi connectivity index (χ0) is 24.8. The van der Waals surface area contributed by atoms with Crippen LogP contribution in [0.1, 0.15) is 34.8 Å². The number of pyridine rings is 1. The monoisotopic (exact) mass is 465 g/mol. The van der Waals surface area contributed by atoms with Gasteiger partial charge in [0.25, 0.3) is 5.56 Å². The summed E-state index contributed by atoms with van der Waals surface area (Å²) in [5.74, 6) is -2.24. The molecule has 34 heavy (non-hydrogen) atoms. The number of nitrogens with zero attached hydrogens (tertiary/aromatic N) is 7. The van der Waals surface area contributed by atoms with Gasteiger partial charge in [0.05, 0.1) is 29.9 Å². The lowest BCUT2D eigenvalue weighted by molar-refractivity contribution is -0.395. The van der Waals surface area contributed by atoms with Crippen molar-refractivity contribution in [2.45, 2.75) is 26.5 Å². The van der Waals surface area contributed by atoms with E-state index >= 15 is 0 Å². The number of ether oxygens (including phenoxy) is 1. The number of hydrogen-bond acceptors (Lipinski definition) is 10. The number of terminal acetylenes is 1. The predicted octanol–water partition coefficient (Wildman–Crippen LogP) is 2.70. The second-order valence-corrected chi connectivity index (χ2v) is 6.83. The Kier molecular flexibility index (Phi) is 7.24. The van der Waals surface area contributed by atoms with Crippen molar-refractivity contribution >= 4 is 23.4 Å². The number of Topliss-reactive ketones (excluding diaryl/α,β-unsaturated/α-hetero) is 1. The first-order valence-electron chi connectivity index (χ1n) is 9.86. The molecule has 0 unspecified atom stereocenters. The highest BCUT2D eigenvalue weighted by Crippen LogP contribution is 2.34. The number of rotatable bonds is 9. The van der Waals surface area contributed by atoms with Crippen LogP contribution in [0.5, 0.6) is 5.88 Å². The normalized spacial score (nSPS) is 11.0. The maximum atomic E-state index is 13.2. The van der Waals surface area contributed by atoms with Crippen LogP contribution in [0.3, 0.4) is 0 Å². The number of carbonyl (C=O) groups excluding carboxylic acids is 1. The Bertz CT molecular complexity index is 1370. The molecule has 13 nitrogen and oxygen atoms in total. The van der Waals surface area contributed by atoms with Crippen LogP contribution in [0, 0.1) is 22.6 Å². The van der Waals surface area contributed by atoms with E-state index in [0.717, 1.165) is 4.57 Å². The fraction of sp³-hybridized carbons (Fsp3) is 0.238. The minimum absolute atomic E-state index is 0.00573. The summed E-state index contributed by atoms with van der Waals surface area (Å²) < 4.78 is 6.77. The molecule has 0 saturated carbocycles. The first kappa shape index (κ1) is 24.0. The zero-order valence-electron chi connectivity index (χ0n) is 18.2. The largest absolute Gasteiger partial charge is 0.493 e. The van der Waals surface area contributed by atoms with Gasteiger partial charge in [-0.2, -0.15) is 0 Å². The Hall–Kier alpha value is -4.70. The van der Waals surface area contributed by atoms with Crippen LogP contribution in [0.4, 0.5) is 17.6 Å². The van der Waals surface area contributed by atoms with E-state index in [1.165, 1.54) is 7.11 Å². The van der Waals surface area contributed by atoms with Gasteiger partial charge in [-0.15, -0.1) is 9.68 Å².